The van der Waals surface area contributed by atoms with E-state index < -0.39 is 0 Å². The average molecular weight is 169 g/mol. The molecule has 1 aliphatic carbocycles. The Kier molecular flexibility index (Phi) is 2.01. The Balaban J connectivity index is 2.62. The largest absolute Gasteiger partial charge is 0.398 e. The maximum absolute atomic E-state index is 5.85. The lowest BCUT2D eigenvalue weighted by molar-refractivity contribution is 1.59. The van der Waals surface area contributed by atoms with Gasteiger partial charge in [-0.3, -0.25) is 0 Å². The molecule has 1 heteroatoms. The van der Waals surface area contributed by atoms with Crippen molar-refractivity contribution in [3.8, 4) is 0 Å². The molecule has 0 fully saturated rings. The number of hydrogen-bond donors (Lipinski definition) is 1. The van der Waals surface area contributed by atoms with E-state index in [1.807, 2.05) is 42.5 Å². The van der Waals surface area contributed by atoms with Crippen LogP contribution < -0.4 is 5.73 Å². The molecule has 0 amide bonds. The summed E-state index contributed by atoms with van der Waals surface area (Å²) in [5.41, 5.74) is 8.95. The van der Waals surface area contributed by atoms with Gasteiger partial charge in [0.15, 0.2) is 0 Å². The highest BCUT2D eigenvalue weighted by molar-refractivity contribution is 5.76. The monoisotopic (exact) mass is 169 g/mol. The number of hydrogen-bond acceptors (Lipinski definition) is 1. The third-order valence-electron chi connectivity index (χ3n) is 2.05. The maximum atomic E-state index is 5.85. The molecule has 2 rings (SSSR count). The van der Waals surface area contributed by atoms with Crippen molar-refractivity contribution in [2.24, 2.45) is 0 Å². The summed E-state index contributed by atoms with van der Waals surface area (Å²) in [5, 5.41) is 0. The first-order valence-corrected chi connectivity index (χ1v) is 4.28. The average Bonchev–Trinajstić information content (AvgIpc) is 2.07. The van der Waals surface area contributed by atoms with E-state index in [-0.39, 0.29) is 0 Å². The second-order valence-electron chi connectivity index (χ2n) is 2.95. The van der Waals surface area contributed by atoms with Crippen LogP contribution in [0, 0.1) is 0 Å². The van der Waals surface area contributed by atoms with Gasteiger partial charge in [-0.05, 0) is 11.6 Å². The maximum Gasteiger partial charge on any atom is 0.0393 e. The van der Waals surface area contributed by atoms with Crippen LogP contribution in [-0.2, 0) is 0 Å². The van der Waals surface area contributed by atoms with Crippen LogP contribution in [0.1, 0.15) is 11.1 Å². The van der Waals surface area contributed by atoms with E-state index in [4.69, 9.17) is 5.73 Å². The third-order valence-corrected chi connectivity index (χ3v) is 2.05. The minimum Gasteiger partial charge on any atom is -0.398 e. The van der Waals surface area contributed by atoms with E-state index in [1.165, 1.54) is 5.56 Å². The van der Waals surface area contributed by atoms with Crippen LogP contribution in [-0.4, -0.2) is 0 Å². The van der Waals surface area contributed by atoms with Crippen LogP contribution in [0.4, 0.5) is 5.69 Å². The summed E-state index contributed by atoms with van der Waals surface area (Å²) >= 11 is 0. The van der Waals surface area contributed by atoms with E-state index >= 15 is 0 Å². The molecule has 0 saturated heterocycles. The van der Waals surface area contributed by atoms with Gasteiger partial charge in [-0.2, -0.15) is 0 Å². The van der Waals surface area contributed by atoms with Crippen LogP contribution in [0.3, 0.4) is 0 Å². The summed E-state index contributed by atoms with van der Waals surface area (Å²) in [4.78, 5) is 0. The van der Waals surface area contributed by atoms with Gasteiger partial charge in [0.05, 0.1) is 0 Å². The first kappa shape index (κ1) is 7.87. The van der Waals surface area contributed by atoms with Gasteiger partial charge in [0.2, 0.25) is 0 Å². The van der Waals surface area contributed by atoms with Gasteiger partial charge in [0, 0.05) is 11.3 Å². The number of benzene rings is 1. The molecule has 0 heterocycles. The molecular formula is C12H11N. The quantitative estimate of drug-likeness (QED) is 0.594. The summed E-state index contributed by atoms with van der Waals surface area (Å²) in [5.74, 6) is 0. The Morgan fingerprint density at radius 3 is 2.46 bits per heavy atom. The summed E-state index contributed by atoms with van der Waals surface area (Å²) in [6.45, 7) is 0. The van der Waals surface area contributed by atoms with E-state index in [2.05, 4.69) is 12.1 Å². The first-order valence-electron chi connectivity index (χ1n) is 4.28. The molecule has 64 valence electrons. The number of nitrogen functional groups attached to an aromatic ring is 1. The highest BCUT2D eigenvalue weighted by Crippen LogP contribution is 2.21. The minimum absolute atomic E-state index is 0.828. The summed E-state index contributed by atoms with van der Waals surface area (Å²) in [7, 11) is 0. The van der Waals surface area contributed by atoms with E-state index in [0.29, 0.717) is 0 Å². The van der Waals surface area contributed by atoms with Crippen LogP contribution in [0.25, 0.3) is 12.2 Å². The standard InChI is InChI=1S/C12H11N/c13-12-9-5-7-10-6-3-1-2-4-8-11(10)12/h1-9H,13H2. The predicted molar refractivity (Wildman–Crippen MR) is 58.1 cm³/mol. The van der Waals surface area contributed by atoms with Crippen molar-refractivity contribution in [2.75, 3.05) is 5.73 Å². The molecule has 0 aliphatic heterocycles. The number of fused-ring (bicyclic) bond motifs is 1. The van der Waals surface area contributed by atoms with Crippen molar-refractivity contribution in [1.29, 1.82) is 0 Å². The lowest BCUT2D eigenvalue weighted by Gasteiger charge is -2.05. The number of rotatable bonds is 0. The molecule has 1 aromatic rings. The van der Waals surface area contributed by atoms with Gasteiger partial charge in [-0.1, -0.05) is 48.6 Å². The van der Waals surface area contributed by atoms with E-state index in [9.17, 15) is 0 Å². The molecule has 1 nitrogen and oxygen atoms in total. The number of nitrogens with two attached hydrogens (primary N) is 1. The molecule has 0 aromatic heterocycles. The van der Waals surface area contributed by atoms with Crippen molar-refractivity contribution < 1.29 is 0 Å². The van der Waals surface area contributed by atoms with Gasteiger partial charge >= 0.3 is 0 Å². The lowest BCUT2D eigenvalue weighted by Crippen LogP contribution is -1.91. The van der Waals surface area contributed by atoms with Crippen molar-refractivity contribution in [1.82, 2.24) is 0 Å². The normalized spacial score (nSPS) is 13.5. The van der Waals surface area contributed by atoms with Crippen molar-refractivity contribution >= 4 is 17.8 Å². The van der Waals surface area contributed by atoms with Crippen LogP contribution in [0.5, 0.6) is 0 Å². The molecule has 2 N–H and O–H groups in total. The molecule has 0 spiro atoms. The van der Waals surface area contributed by atoms with Crippen LogP contribution in [0.2, 0.25) is 0 Å². The molecule has 0 radical (unpaired) electrons. The summed E-state index contributed by atoms with van der Waals surface area (Å²) in [6, 6.07) is 5.95. The highest BCUT2D eigenvalue weighted by atomic mass is 14.6. The number of allylic oxidation sites excluding steroid dienone is 4. The topological polar surface area (TPSA) is 26.0 Å². The fourth-order valence-corrected chi connectivity index (χ4v) is 1.38. The van der Waals surface area contributed by atoms with Gasteiger partial charge in [0.25, 0.3) is 0 Å². The second-order valence-corrected chi connectivity index (χ2v) is 2.95. The van der Waals surface area contributed by atoms with Crippen molar-refractivity contribution in [2.45, 2.75) is 0 Å². The fraction of sp³-hybridized carbons (Fsp3) is 0. The molecule has 0 unspecified atom stereocenters. The SMILES string of the molecule is Nc1cccc2c1C=CC=CC=C2. The lowest BCUT2D eigenvalue weighted by atomic mass is 10.0. The Hall–Kier alpha value is -1.76. The summed E-state index contributed by atoms with van der Waals surface area (Å²) < 4.78 is 0. The summed E-state index contributed by atoms with van der Waals surface area (Å²) in [6.07, 6.45) is 12.1. The van der Waals surface area contributed by atoms with Gasteiger partial charge in [0.1, 0.15) is 0 Å². The Labute approximate surface area is 77.9 Å². The zero-order valence-corrected chi connectivity index (χ0v) is 7.27. The minimum atomic E-state index is 0.828. The van der Waals surface area contributed by atoms with E-state index in [1.54, 1.807) is 0 Å². The predicted octanol–water partition coefficient (Wildman–Crippen LogP) is 2.87. The van der Waals surface area contributed by atoms with Crippen molar-refractivity contribution in [3.05, 3.63) is 53.6 Å². The van der Waals surface area contributed by atoms with Crippen LogP contribution in [0.15, 0.2) is 42.5 Å². The first-order chi connectivity index (χ1) is 6.38. The van der Waals surface area contributed by atoms with Gasteiger partial charge in [-0.15, -0.1) is 0 Å². The zero-order chi connectivity index (χ0) is 9.10. The Morgan fingerprint density at radius 1 is 0.846 bits per heavy atom. The van der Waals surface area contributed by atoms with E-state index in [0.717, 1.165) is 11.3 Å². The van der Waals surface area contributed by atoms with Crippen molar-refractivity contribution in [3.63, 3.8) is 0 Å². The molecule has 0 saturated carbocycles. The number of anilines is 1. The second kappa shape index (κ2) is 3.31. The molecule has 13 heavy (non-hydrogen) atoms. The fourth-order valence-electron chi connectivity index (χ4n) is 1.38. The third kappa shape index (κ3) is 1.54. The van der Waals surface area contributed by atoms with Gasteiger partial charge < -0.3 is 5.73 Å². The highest BCUT2D eigenvalue weighted by Gasteiger charge is 1.99. The van der Waals surface area contributed by atoms with Gasteiger partial charge in [-0.25, -0.2) is 0 Å². The Bertz CT molecular complexity index is 398. The molecule has 0 bridgehead atoms. The Morgan fingerprint density at radius 2 is 1.62 bits per heavy atom. The molecule has 1 aromatic carbocycles. The molecular weight excluding hydrogens is 158 g/mol. The van der Waals surface area contributed by atoms with Crippen LogP contribution >= 0.6 is 0 Å². The smallest absolute Gasteiger partial charge is 0.0393 e. The molecule has 0 atom stereocenters. The zero-order valence-electron chi connectivity index (χ0n) is 7.27. The molecule has 1 aliphatic rings.